The number of benzene rings is 2. The van der Waals surface area contributed by atoms with E-state index in [1.54, 1.807) is 18.0 Å². The first kappa shape index (κ1) is 13.9. The lowest BCUT2D eigenvalue weighted by Crippen LogP contribution is -2.27. The SMILES string of the molecule is CN(C)c1ccc(C(=O)N(C)c2ccccc2N)cc1. The van der Waals surface area contributed by atoms with Gasteiger partial charge >= 0.3 is 0 Å². The Balaban J connectivity index is 2.25. The van der Waals surface area contributed by atoms with E-state index in [2.05, 4.69) is 0 Å². The molecule has 0 aliphatic heterocycles. The van der Waals surface area contributed by atoms with Gasteiger partial charge in [-0.1, -0.05) is 12.1 Å². The molecule has 0 unspecified atom stereocenters. The highest BCUT2D eigenvalue weighted by Crippen LogP contribution is 2.23. The monoisotopic (exact) mass is 269 g/mol. The molecule has 20 heavy (non-hydrogen) atoms. The number of nitrogens with zero attached hydrogens (tertiary/aromatic N) is 2. The third kappa shape index (κ3) is 2.74. The van der Waals surface area contributed by atoms with Gasteiger partial charge in [-0.3, -0.25) is 4.79 Å². The molecule has 0 bridgehead atoms. The summed E-state index contributed by atoms with van der Waals surface area (Å²) in [7, 11) is 5.66. The van der Waals surface area contributed by atoms with E-state index in [0.29, 0.717) is 16.9 Å². The molecule has 104 valence electrons. The van der Waals surface area contributed by atoms with Crippen molar-refractivity contribution in [2.45, 2.75) is 0 Å². The molecular formula is C16H19N3O. The number of amides is 1. The van der Waals surface area contributed by atoms with Gasteiger partial charge in [0.05, 0.1) is 11.4 Å². The van der Waals surface area contributed by atoms with Gasteiger partial charge in [-0.05, 0) is 36.4 Å². The third-order valence-corrected chi connectivity index (χ3v) is 3.23. The quantitative estimate of drug-likeness (QED) is 0.871. The van der Waals surface area contributed by atoms with Crippen LogP contribution in [-0.4, -0.2) is 27.1 Å². The minimum Gasteiger partial charge on any atom is -0.397 e. The predicted molar refractivity (Wildman–Crippen MR) is 84.4 cm³/mol. The summed E-state index contributed by atoms with van der Waals surface area (Å²) >= 11 is 0. The van der Waals surface area contributed by atoms with Crippen LogP contribution in [0, 0.1) is 0 Å². The number of nitrogens with two attached hydrogens (primary N) is 1. The third-order valence-electron chi connectivity index (χ3n) is 3.23. The zero-order valence-electron chi connectivity index (χ0n) is 12.0. The first-order valence-electron chi connectivity index (χ1n) is 6.40. The Morgan fingerprint density at radius 2 is 1.55 bits per heavy atom. The molecule has 0 aliphatic rings. The second-order valence-electron chi connectivity index (χ2n) is 4.86. The standard InChI is InChI=1S/C16H19N3O/c1-18(2)13-10-8-12(9-11-13)16(20)19(3)15-7-5-4-6-14(15)17/h4-11H,17H2,1-3H3. The molecule has 2 N–H and O–H groups in total. The summed E-state index contributed by atoms with van der Waals surface area (Å²) in [5, 5.41) is 0. The Morgan fingerprint density at radius 3 is 2.10 bits per heavy atom. The van der Waals surface area contributed by atoms with Crippen LogP contribution < -0.4 is 15.5 Å². The van der Waals surface area contributed by atoms with Crippen LogP contribution in [0.15, 0.2) is 48.5 Å². The van der Waals surface area contributed by atoms with Crippen molar-refractivity contribution >= 4 is 23.0 Å². The minimum absolute atomic E-state index is 0.0757. The molecular weight excluding hydrogens is 250 g/mol. The van der Waals surface area contributed by atoms with Gasteiger partial charge in [-0.25, -0.2) is 0 Å². The molecule has 0 heterocycles. The van der Waals surface area contributed by atoms with Crippen LogP contribution in [0.1, 0.15) is 10.4 Å². The smallest absolute Gasteiger partial charge is 0.258 e. The van der Waals surface area contributed by atoms with Gasteiger partial charge in [-0.15, -0.1) is 0 Å². The van der Waals surface area contributed by atoms with Gasteiger partial charge < -0.3 is 15.5 Å². The summed E-state index contributed by atoms with van der Waals surface area (Å²) in [5.74, 6) is -0.0757. The van der Waals surface area contributed by atoms with Crippen molar-refractivity contribution < 1.29 is 4.79 Å². The summed E-state index contributed by atoms with van der Waals surface area (Å²) in [4.78, 5) is 16.0. The average molecular weight is 269 g/mol. The van der Waals surface area contributed by atoms with E-state index in [4.69, 9.17) is 5.73 Å². The first-order chi connectivity index (χ1) is 9.50. The van der Waals surface area contributed by atoms with Crippen LogP contribution in [0.2, 0.25) is 0 Å². The summed E-state index contributed by atoms with van der Waals surface area (Å²) in [6.07, 6.45) is 0. The summed E-state index contributed by atoms with van der Waals surface area (Å²) in [6, 6.07) is 14.8. The number of nitrogen functional groups attached to an aromatic ring is 1. The molecule has 0 fully saturated rings. The van der Waals surface area contributed by atoms with Crippen LogP contribution in [0.25, 0.3) is 0 Å². The van der Waals surface area contributed by atoms with Gasteiger partial charge in [0.25, 0.3) is 5.91 Å². The number of carbonyl (C=O) groups excluding carboxylic acids is 1. The molecule has 0 aromatic heterocycles. The molecule has 1 amide bonds. The van der Waals surface area contributed by atoms with E-state index in [0.717, 1.165) is 5.69 Å². The van der Waals surface area contributed by atoms with Crippen LogP contribution in [0.4, 0.5) is 17.1 Å². The van der Waals surface area contributed by atoms with Crippen molar-refractivity contribution in [3.8, 4) is 0 Å². The summed E-state index contributed by atoms with van der Waals surface area (Å²) < 4.78 is 0. The van der Waals surface area contributed by atoms with Crippen LogP contribution in [0.5, 0.6) is 0 Å². The van der Waals surface area contributed by atoms with E-state index in [1.807, 2.05) is 61.5 Å². The maximum Gasteiger partial charge on any atom is 0.258 e. The van der Waals surface area contributed by atoms with E-state index in [9.17, 15) is 4.79 Å². The van der Waals surface area contributed by atoms with Gasteiger partial charge in [0.15, 0.2) is 0 Å². The van der Waals surface area contributed by atoms with Crippen molar-refractivity contribution in [1.82, 2.24) is 0 Å². The van der Waals surface area contributed by atoms with E-state index in [-0.39, 0.29) is 5.91 Å². The van der Waals surface area contributed by atoms with Crippen molar-refractivity contribution in [3.63, 3.8) is 0 Å². The Labute approximate surface area is 119 Å². The second kappa shape index (κ2) is 5.65. The molecule has 0 radical (unpaired) electrons. The van der Waals surface area contributed by atoms with Gasteiger partial charge in [0.1, 0.15) is 0 Å². The normalized spacial score (nSPS) is 10.2. The Kier molecular flexibility index (Phi) is 3.94. The Morgan fingerprint density at radius 1 is 0.950 bits per heavy atom. The topological polar surface area (TPSA) is 49.6 Å². The van der Waals surface area contributed by atoms with Crippen molar-refractivity contribution in [3.05, 3.63) is 54.1 Å². The number of rotatable bonds is 3. The van der Waals surface area contributed by atoms with Crippen LogP contribution in [-0.2, 0) is 0 Å². The van der Waals surface area contributed by atoms with Crippen LogP contribution in [0.3, 0.4) is 0 Å². The maximum absolute atomic E-state index is 12.4. The lowest BCUT2D eigenvalue weighted by atomic mass is 10.1. The highest BCUT2D eigenvalue weighted by Gasteiger charge is 2.15. The highest BCUT2D eigenvalue weighted by molar-refractivity contribution is 6.07. The largest absolute Gasteiger partial charge is 0.397 e. The van der Waals surface area contributed by atoms with E-state index >= 15 is 0 Å². The molecule has 4 nitrogen and oxygen atoms in total. The summed E-state index contributed by atoms with van der Waals surface area (Å²) in [6.45, 7) is 0. The van der Waals surface area contributed by atoms with Crippen molar-refractivity contribution in [2.24, 2.45) is 0 Å². The molecule has 2 aromatic carbocycles. The fourth-order valence-electron chi connectivity index (χ4n) is 2.00. The molecule has 0 spiro atoms. The van der Waals surface area contributed by atoms with E-state index < -0.39 is 0 Å². The zero-order chi connectivity index (χ0) is 14.7. The van der Waals surface area contributed by atoms with Crippen LogP contribution >= 0.6 is 0 Å². The minimum atomic E-state index is -0.0757. The lowest BCUT2D eigenvalue weighted by molar-refractivity contribution is 0.0993. The number of hydrogen-bond donors (Lipinski definition) is 1. The summed E-state index contributed by atoms with van der Waals surface area (Å²) in [5.41, 5.74) is 8.91. The Bertz CT molecular complexity index is 605. The lowest BCUT2D eigenvalue weighted by Gasteiger charge is -2.20. The average Bonchev–Trinajstić information content (AvgIpc) is 2.46. The number of hydrogen-bond acceptors (Lipinski definition) is 3. The van der Waals surface area contributed by atoms with E-state index in [1.165, 1.54) is 0 Å². The molecule has 0 atom stereocenters. The molecule has 4 heteroatoms. The predicted octanol–water partition coefficient (Wildman–Crippen LogP) is 2.61. The molecule has 2 rings (SSSR count). The fourth-order valence-corrected chi connectivity index (χ4v) is 2.00. The number of carbonyl (C=O) groups is 1. The zero-order valence-corrected chi connectivity index (χ0v) is 12.0. The maximum atomic E-state index is 12.4. The van der Waals surface area contributed by atoms with Gasteiger partial charge in [0, 0.05) is 32.4 Å². The molecule has 0 aliphatic carbocycles. The Hall–Kier alpha value is -2.49. The number of anilines is 3. The van der Waals surface area contributed by atoms with Gasteiger partial charge in [-0.2, -0.15) is 0 Å². The molecule has 0 saturated carbocycles. The number of para-hydroxylation sites is 2. The first-order valence-corrected chi connectivity index (χ1v) is 6.40. The second-order valence-corrected chi connectivity index (χ2v) is 4.86. The fraction of sp³-hybridized carbons (Fsp3) is 0.188. The van der Waals surface area contributed by atoms with Crippen molar-refractivity contribution in [1.29, 1.82) is 0 Å². The van der Waals surface area contributed by atoms with Gasteiger partial charge in [0.2, 0.25) is 0 Å². The highest BCUT2D eigenvalue weighted by atomic mass is 16.2. The van der Waals surface area contributed by atoms with Crippen molar-refractivity contribution in [2.75, 3.05) is 36.7 Å². The molecule has 2 aromatic rings. The molecule has 0 saturated heterocycles.